The Kier molecular flexibility index (Phi) is 8.65. The number of hydrogen-bond donors (Lipinski definition) is 3. The van der Waals surface area contributed by atoms with Crippen molar-refractivity contribution in [2.45, 2.75) is 70.4 Å². The van der Waals surface area contributed by atoms with Crippen molar-refractivity contribution >= 4 is 22.1 Å². The van der Waals surface area contributed by atoms with Gasteiger partial charge in [0.1, 0.15) is 5.60 Å². The fraction of sp³-hybridized carbons (Fsp3) is 0.407. The van der Waals surface area contributed by atoms with Gasteiger partial charge in [-0.15, -0.1) is 0 Å². The minimum absolute atomic E-state index is 0.0496. The molecule has 3 N–H and O–H groups in total. The van der Waals surface area contributed by atoms with E-state index in [1.165, 1.54) is 6.07 Å². The van der Waals surface area contributed by atoms with Crippen molar-refractivity contribution in [3.8, 4) is 11.1 Å². The quantitative estimate of drug-likeness (QED) is 0.435. The summed E-state index contributed by atoms with van der Waals surface area (Å²) >= 11 is 0. The average molecular weight is 530 g/mol. The van der Waals surface area contributed by atoms with Crippen LogP contribution in [0.15, 0.2) is 64.7 Å². The van der Waals surface area contributed by atoms with Crippen LogP contribution < -0.4 is 10.1 Å². The second-order valence-electron chi connectivity index (χ2n) is 9.88. The lowest BCUT2D eigenvalue weighted by molar-refractivity contribution is -0.133. The van der Waals surface area contributed by atoms with Crippen molar-refractivity contribution in [2.75, 3.05) is 6.54 Å². The number of benzene rings is 2. The van der Waals surface area contributed by atoms with Gasteiger partial charge in [0.2, 0.25) is 0 Å². The van der Waals surface area contributed by atoms with E-state index in [1.54, 1.807) is 51.1 Å². The number of nitrogens with zero attached hydrogens (tertiary/aromatic N) is 1. The molecule has 2 aromatic carbocycles. The summed E-state index contributed by atoms with van der Waals surface area (Å²) in [7, 11) is -4.19. The Morgan fingerprint density at radius 2 is 1.73 bits per heavy atom. The number of nitrogens with one attached hydrogen (secondary N) is 2. The van der Waals surface area contributed by atoms with E-state index in [9.17, 15) is 23.1 Å². The number of rotatable bonds is 9. The first kappa shape index (κ1) is 28.2. The zero-order valence-electron chi connectivity index (χ0n) is 21.9. The van der Waals surface area contributed by atoms with E-state index in [0.29, 0.717) is 36.1 Å². The topological polar surface area (TPSA) is 125 Å². The van der Waals surface area contributed by atoms with Gasteiger partial charge in [0.25, 0.3) is 10.0 Å². The van der Waals surface area contributed by atoms with Crippen molar-refractivity contribution < 1.29 is 27.9 Å². The molecule has 0 spiro atoms. The molecule has 10 heteroatoms. The van der Waals surface area contributed by atoms with E-state index in [1.807, 2.05) is 35.7 Å². The molecule has 0 fully saturated rings. The molecular weight excluding hydrogens is 494 g/mol. The maximum Gasteiger partial charge on any atom is 0.421 e. The Bertz CT molecular complexity index is 1280. The third-order valence-electron chi connectivity index (χ3n) is 5.85. The van der Waals surface area contributed by atoms with Gasteiger partial charge in [-0.1, -0.05) is 56.3 Å². The number of carboxylic acid groups (broad SMARTS) is 1. The van der Waals surface area contributed by atoms with Crippen LogP contribution >= 0.6 is 0 Å². The van der Waals surface area contributed by atoms with E-state index >= 15 is 0 Å². The molecule has 0 saturated carbocycles. The van der Waals surface area contributed by atoms with Gasteiger partial charge in [0, 0.05) is 17.8 Å². The van der Waals surface area contributed by atoms with Crippen LogP contribution in [0.3, 0.4) is 0 Å². The number of allylic oxidation sites excluding steroid dienone is 1. The standard InChI is InChI=1S/C27H35N3O6S/c1-6-16-30-22(24(25(31)32)21(7-2)28-30)17-18-12-14-19(15-13-18)20-10-8-9-11-23(20)37(34,35)29-26(33)36-27(3,4)5/h8-15,22,28H,6-7,16-17H2,1-5H3,(H,29,33)(H,31,32). The predicted molar refractivity (Wildman–Crippen MR) is 141 cm³/mol. The van der Waals surface area contributed by atoms with Gasteiger partial charge in [0.15, 0.2) is 0 Å². The van der Waals surface area contributed by atoms with Gasteiger partial charge in [-0.3, -0.25) is 0 Å². The van der Waals surface area contributed by atoms with E-state index in [2.05, 4.69) is 5.43 Å². The highest BCUT2D eigenvalue weighted by Gasteiger charge is 2.35. The molecule has 9 nitrogen and oxygen atoms in total. The normalized spacial score (nSPS) is 16.4. The summed E-state index contributed by atoms with van der Waals surface area (Å²) in [5, 5.41) is 11.8. The van der Waals surface area contributed by atoms with Crippen molar-refractivity contribution in [3.63, 3.8) is 0 Å². The Balaban J connectivity index is 1.87. The van der Waals surface area contributed by atoms with Crippen LogP contribution in [0.1, 0.15) is 53.0 Å². The SMILES string of the molecule is CCCN1NC(CC)=C(C(=O)O)C1Cc1ccc(-c2ccccc2S(=O)(=O)NC(=O)OC(C)(C)C)cc1. The second-order valence-corrected chi connectivity index (χ2v) is 11.5. The van der Waals surface area contributed by atoms with Crippen molar-refractivity contribution in [3.05, 3.63) is 65.4 Å². The zero-order valence-corrected chi connectivity index (χ0v) is 22.7. The Labute approximate surface area is 218 Å². The summed E-state index contributed by atoms with van der Waals surface area (Å²) in [5.74, 6) is -0.929. The highest BCUT2D eigenvalue weighted by molar-refractivity contribution is 7.90. The molecule has 0 bridgehead atoms. The first-order chi connectivity index (χ1) is 17.4. The van der Waals surface area contributed by atoms with Crippen LogP contribution in [0.4, 0.5) is 4.79 Å². The number of hydrazine groups is 1. The summed E-state index contributed by atoms with van der Waals surface area (Å²) in [4.78, 5) is 24.1. The molecule has 2 aromatic rings. The molecule has 3 rings (SSSR count). The lowest BCUT2D eigenvalue weighted by Gasteiger charge is -2.25. The number of ether oxygens (including phenoxy) is 1. The summed E-state index contributed by atoms with van der Waals surface area (Å²) in [6.07, 6.45) is 0.904. The molecule has 1 heterocycles. The van der Waals surface area contributed by atoms with Gasteiger partial charge < -0.3 is 15.3 Å². The van der Waals surface area contributed by atoms with Crippen LogP contribution in [0.25, 0.3) is 11.1 Å². The molecule has 0 aromatic heterocycles. The van der Waals surface area contributed by atoms with Gasteiger partial charge in [-0.05, 0) is 57.2 Å². The first-order valence-electron chi connectivity index (χ1n) is 12.3. The molecular formula is C27H35N3O6S. The lowest BCUT2D eigenvalue weighted by Crippen LogP contribution is -2.41. The maximum atomic E-state index is 13.0. The third kappa shape index (κ3) is 6.90. The molecule has 0 aliphatic carbocycles. The molecule has 200 valence electrons. The van der Waals surface area contributed by atoms with Crippen molar-refractivity contribution in [2.24, 2.45) is 0 Å². The number of aliphatic carboxylic acids is 1. The number of sulfonamides is 1. The van der Waals surface area contributed by atoms with Crippen molar-refractivity contribution in [1.29, 1.82) is 0 Å². The number of amides is 1. The molecule has 0 saturated heterocycles. The van der Waals surface area contributed by atoms with Gasteiger partial charge >= 0.3 is 12.1 Å². The fourth-order valence-corrected chi connectivity index (χ4v) is 5.43. The monoisotopic (exact) mass is 529 g/mol. The molecule has 1 atom stereocenters. The van der Waals surface area contributed by atoms with Gasteiger partial charge in [0.05, 0.1) is 16.5 Å². The fourth-order valence-electron chi connectivity index (χ4n) is 4.32. The average Bonchev–Trinajstić information content (AvgIpc) is 3.15. The minimum Gasteiger partial charge on any atom is -0.478 e. The molecule has 1 amide bonds. The summed E-state index contributed by atoms with van der Waals surface area (Å²) in [6, 6.07) is 13.4. The first-order valence-corrected chi connectivity index (χ1v) is 13.8. The number of carbonyl (C=O) groups is 2. The second kappa shape index (κ2) is 11.4. The lowest BCUT2D eigenvalue weighted by atomic mass is 9.96. The summed E-state index contributed by atoms with van der Waals surface area (Å²) in [6.45, 7) is 9.62. The maximum absolute atomic E-state index is 13.0. The van der Waals surface area contributed by atoms with Crippen LogP contribution in [0, 0.1) is 0 Å². The Hall–Kier alpha value is -3.37. The van der Waals surface area contributed by atoms with Crippen molar-refractivity contribution in [1.82, 2.24) is 15.2 Å². The van der Waals surface area contributed by atoms with Crippen LogP contribution in [-0.2, 0) is 26.0 Å². The predicted octanol–water partition coefficient (Wildman–Crippen LogP) is 4.46. The van der Waals surface area contributed by atoms with E-state index in [0.717, 1.165) is 17.7 Å². The van der Waals surface area contributed by atoms with E-state index < -0.39 is 27.7 Å². The number of carboxylic acids is 1. The van der Waals surface area contributed by atoms with Crippen LogP contribution in [0.2, 0.25) is 0 Å². The molecule has 37 heavy (non-hydrogen) atoms. The van der Waals surface area contributed by atoms with Crippen LogP contribution in [0.5, 0.6) is 0 Å². The third-order valence-corrected chi connectivity index (χ3v) is 7.22. The highest BCUT2D eigenvalue weighted by atomic mass is 32.2. The highest BCUT2D eigenvalue weighted by Crippen LogP contribution is 2.30. The smallest absolute Gasteiger partial charge is 0.421 e. The summed E-state index contributed by atoms with van der Waals surface area (Å²) < 4.78 is 33.1. The zero-order chi connectivity index (χ0) is 27.4. The molecule has 1 unspecified atom stereocenters. The Morgan fingerprint density at radius 1 is 1.08 bits per heavy atom. The van der Waals surface area contributed by atoms with E-state index in [4.69, 9.17) is 4.74 Å². The minimum atomic E-state index is -4.19. The number of hydrogen-bond acceptors (Lipinski definition) is 7. The molecule has 1 aliphatic rings. The Morgan fingerprint density at radius 3 is 2.30 bits per heavy atom. The molecule has 1 aliphatic heterocycles. The number of carbonyl (C=O) groups excluding carboxylic acids is 1. The van der Waals surface area contributed by atoms with Crippen LogP contribution in [-0.4, -0.2) is 48.8 Å². The largest absolute Gasteiger partial charge is 0.478 e. The van der Waals surface area contributed by atoms with E-state index in [-0.39, 0.29) is 10.9 Å². The van der Waals surface area contributed by atoms with Gasteiger partial charge in [-0.2, -0.15) is 0 Å². The molecule has 0 radical (unpaired) electrons. The summed E-state index contributed by atoms with van der Waals surface area (Å²) in [5.41, 5.74) is 5.50. The van der Waals surface area contributed by atoms with Gasteiger partial charge in [-0.25, -0.2) is 27.7 Å².